The smallest absolute Gasteiger partial charge is 0.276 e. The minimum absolute atomic E-state index is 0.0392. The molecule has 18 heavy (non-hydrogen) atoms. The summed E-state index contributed by atoms with van der Waals surface area (Å²) in [4.78, 5) is 0. The zero-order valence-electron chi connectivity index (χ0n) is 10.5. The van der Waals surface area contributed by atoms with E-state index in [4.69, 9.17) is 4.42 Å². The van der Waals surface area contributed by atoms with Gasteiger partial charge in [0.25, 0.3) is 10.0 Å². The Morgan fingerprint density at radius 3 is 2.78 bits per heavy atom. The summed E-state index contributed by atoms with van der Waals surface area (Å²) in [5.41, 5.74) is 0. The van der Waals surface area contributed by atoms with E-state index in [2.05, 4.69) is 10.6 Å². The van der Waals surface area contributed by atoms with E-state index >= 15 is 0 Å². The maximum Gasteiger partial charge on any atom is 0.276 e. The second kappa shape index (κ2) is 5.83. The van der Waals surface area contributed by atoms with Gasteiger partial charge in [0.2, 0.25) is 5.09 Å². The molecule has 2 heterocycles. The summed E-state index contributed by atoms with van der Waals surface area (Å²) in [6.07, 6.45) is 0. The Morgan fingerprint density at radius 1 is 1.39 bits per heavy atom. The molecule has 0 unspecified atom stereocenters. The Labute approximate surface area is 107 Å². The van der Waals surface area contributed by atoms with Crippen LogP contribution in [0.4, 0.5) is 0 Å². The van der Waals surface area contributed by atoms with Crippen molar-refractivity contribution in [3.8, 4) is 0 Å². The van der Waals surface area contributed by atoms with Crippen LogP contribution < -0.4 is 10.6 Å². The lowest BCUT2D eigenvalue weighted by atomic mass is 10.4. The van der Waals surface area contributed by atoms with Gasteiger partial charge in [-0.2, -0.15) is 4.31 Å². The van der Waals surface area contributed by atoms with Gasteiger partial charge in [0, 0.05) is 26.2 Å². The van der Waals surface area contributed by atoms with Crippen LogP contribution in [0.15, 0.2) is 21.6 Å². The van der Waals surface area contributed by atoms with Crippen LogP contribution in [-0.4, -0.2) is 45.4 Å². The zero-order valence-corrected chi connectivity index (χ0v) is 11.3. The molecule has 0 bridgehead atoms. The van der Waals surface area contributed by atoms with E-state index in [0.29, 0.717) is 38.5 Å². The molecule has 7 heteroatoms. The number of furan rings is 1. The molecule has 1 aromatic rings. The third kappa shape index (κ3) is 2.92. The molecule has 2 rings (SSSR count). The van der Waals surface area contributed by atoms with Crippen LogP contribution in [0.5, 0.6) is 0 Å². The van der Waals surface area contributed by atoms with Crippen LogP contribution in [-0.2, 0) is 16.6 Å². The highest BCUT2D eigenvalue weighted by molar-refractivity contribution is 7.89. The Balaban J connectivity index is 2.11. The highest BCUT2D eigenvalue weighted by Gasteiger charge is 2.28. The fourth-order valence-electron chi connectivity index (χ4n) is 1.85. The Hall–Kier alpha value is -0.890. The van der Waals surface area contributed by atoms with E-state index in [1.54, 1.807) is 6.07 Å². The standard InChI is InChI=1S/C11H19N3O3S/c1-2-12-9-10-3-4-11(17-10)18(15,16)14-7-5-13-6-8-14/h3-4,12-13H,2,5-9H2,1H3. The van der Waals surface area contributed by atoms with Crippen LogP contribution in [0.3, 0.4) is 0 Å². The second-order valence-electron chi connectivity index (χ2n) is 4.16. The van der Waals surface area contributed by atoms with Crippen LogP contribution in [0.1, 0.15) is 12.7 Å². The van der Waals surface area contributed by atoms with Gasteiger partial charge < -0.3 is 15.1 Å². The number of hydrogen-bond donors (Lipinski definition) is 2. The monoisotopic (exact) mass is 273 g/mol. The summed E-state index contributed by atoms with van der Waals surface area (Å²) in [5.74, 6) is 0.644. The second-order valence-corrected chi connectivity index (χ2v) is 6.02. The molecule has 1 saturated heterocycles. The molecule has 0 aromatic carbocycles. The summed E-state index contributed by atoms with van der Waals surface area (Å²) in [6, 6.07) is 3.24. The summed E-state index contributed by atoms with van der Waals surface area (Å²) >= 11 is 0. The van der Waals surface area contributed by atoms with Gasteiger partial charge in [0.05, 0.1) is 6.54 Å². The van der Waals surface area contributed by atoms with Crippen LogP contribution in [0, 0.1) is 0 Å². The summed E-state index contributed by atoms with van der Waals surface area (Å²) < 4.78 is 31.4. The lowest BCUT2D eigenvalue weighted by molar-refractivity contribution is 0.336. The van der Waals surface area contributed by atoms with Crippen molar-refractivity contribution in [2.75, 3.05) is 32.7 Å². The SMILES string of the molecule is CCNCc1ccc(S(=O)(=O)N2CCNCC2)o1. The lowest BCUT2D eigenvalue weighted by Gasteiger charge is -2.25. The average molecular weight is 273 g/mol. The van der Waals surface area contributed by atoms with Crippen molar-refractivity contribution in [3.63, 3.8) is 0 Å². The van der Waals surface area contributed by atoms with Crippen molar-refractivity contribution in [1.29, 1.82) is 0 Å². The van der Waals surface area contributed by atoms with Gasteiger partial charge in [-0.3, -0.25) is 0 Å². The average Bonchev–Trinajstić information content (AvgIpc) is 2.87. The number of nitrogens with zero attached hydrogens (tertiary/aromatic N) is 1. The van der Waals surface area contributed by atoms with E-state index in [9.17, 15) is 8.42 Å². The first-order valence-electron chi connectivity index (χ1n) is 6.15. The van der Waals surface area contributed by atoms with Gasteiger partial charge in [-0.15, -0.1) is 0 Å². The minimum atomic E-state index is -3.47. The molecule has 102 valence electrons. The Morgan fingerprint density at radius 2 is 2.11 bits per heavy atom. The molecular weight excluding hydrogens is 254 g/mol. The van der Waals surface area contributed by atoms with Crippen molar-refractivity contribution < 1.29 is 12.8 Å². The van der Waals surface area contributed by atoms with Crippen molar-refractivity contribution in [2.24, 2.45) is 0 Å². The van der Waals surface area contributed by atoms with Crippen molar-refractivity contribution in [3.05, 3.63) is 17.9 Å². The van der Waals surface area contributed by atoms with E-state index < -0.39 is 10.0 Å². The molecule has 0 spiro atoms. The van der Waals surface area contributed by atoms with Crippen molar-refractivity contribution in [2.45, 2.75) is 18.6 Å². The number of nitrogens with one attached hydrogen (secondary N) is 2. The van der Waals surface area contributed by atoms with Gasteiger partial charge in [-0.1, -0.05) is 6.92 Å². The first-order valence-corrected chi connectivity index (χ1v) is 7.59. The molecule has 0 amide bonds. The predicted molar refractivity (Wildman–Crippen MR) is 67.7 cm³/mol. The van der Waals surface area contributed by atoms with E-state index in [-0.39, 0.29) is 5.09 Å². The number of piperazine rings is 1. The summed E-state index contributed by atoms with van der Waals surface area (Å²) in [5, 5.41) is 6.26. The van der Waals surface area contributed by atoms with E-state index in [0.717, 1.165) is 6.54 Å². The number of hydrogen-bond acceptors (Lipinski definition) is 5. The number of sulfonamides is 1. The predicted octanol–water partition coefficient (Wildman–Crippen LogP) is -0.0170. The maximum atomic E-state index is 12.3. The molecule has 1 aliphatic rings. The first-order chi connectivity index (χ1) is 8.64. The molecule has 0 radical (unpaired) electrons. The summed E-state index contributed by atoms with van der Waals surface area (Å²) in [7, 11) is -3.47. The molecule has 1 aromatic heterocycles. The molecule has 0 saturated carbocycles. The van der Waals surface area contributed by atoms with Gasteiger partial charge >= 0.3 is 0 Å². The number of rotatable bonds is 5. The topological polar surface area (TPSA) is 74.6 Å². The van der Waals surface area contributed by atoms with Crippen LogP contribution in [0.2, 0.25) is 0 Å². The highest BCUT2D eigenvalue weighted by Crippen LogP contribution is 2.19. The van der Waals surface area contributed by atoms with Gasteiger partial charge in [-0.05, 0) is 18.7 Å². The third-order valence-corrected chi connectivity index (χ3v) is 4.63. The van der Waals surface area contributed by atoms with Crippen LogP contribution >= 0.6 is 0 Å². The third-order valence-electron chi connectivity index (χ3n) is 2.86. The fourth-order valence-corrected chi connectivity index (χ4v) is 3.22. The molecule has 0 aliphatic carbocycles. The van der Waals surface area contributed by atoms with Gasteiger partial charge in [0.1, 0.15) is 5.76 Å². The zero-order chi connectivity index (χ0) is 13.0. The summed E-state index contributed by atoms with van der Waals surface area (Å²) in [6.45, 7) is 5.71. The highest BCUT2D eigenvalue weighted by atomic mass is 32.2. The fraction of sp³-hybridized carbons (Fsp3) is 0.636. The quantitative estimate of drug-likeness (QED) is 0.789. The molecule has 1 aliphatic heterocycles. The molecule has 1 fully saturated rings. The van der Waals surface area contributed by atoms with E-state index in [1.807, 2.05) is 6.92 Å². The van der Waals surface area contributed by atoms with E-state index in [1.165, 1.54) is 10.4 Å². The molecule has 2 N–H and O–H groups in total. The molecular formula is C11H19N3O3S. The van der Waals surface area contributed by atoms with Gasteiger partial charge in [-0.25, -0.2) is 8.42 Å². The van der Waals surface area contributed by atoms with Crippen molar-refractivity contribution in [1.82, 2.24) is 14.9 Å². The van der Waals surface area contributed by atoms with Gasteiger partial charge in [0.15, 0.2) is 0 Å². The Kier molecular flexibility index (Phi) is 4.39. The normalized spacial score (nSPS) is 18.1. The maximum absolute atomic E-state index is 12.3. The molecule has 6 nitrogen and oxygen atoms in total. The lowest BCUT2D eigenvalue weighted by Crippen LogP contribution is -2.46. The minimum Gasteiger partial charge on any atom is -0.447 e. The van der Waals surface area contributed by atoms with Crippen molar-refractivity contribution >= 4 is 10.0 Å². The first kappa shape index (κ1) is 13.5. The largest absolute Gasteiger partial charge is 0.447 e. The van der Waals surface area contributed by atoms with Crippen LogP contribution in [0.25, 0.3) is 0 Å². The Bertz CT molecular complexity index is 477. The molecule has 0 atom stereocenters.